The molecule has 2 N–H and O–H groups in total. The van der Waals surface area contributed by atoms with Gasteiger partial charge in [0.2, 0.25) is 0 Å². The lowest BCUT2D eigenvalue weighted by atomic mass is 10.0. The fourth-order valence-electron chi connectivity index (χ4n) is 1.87. The molecule has 0 atom stereocenters. The van der Waals surface area contributed by atoms with E-state index < -0.39 is 63.8 Å². The smallest absolute Gasteiger partial charge is 0.372 e. The number of rotatable bonds is 4. The van der Waals surface area contributed by atoms with Gasteiger partial charge in [0.25, 0.3) is 11.2 Å². The van der Waals surface area contributed by atoms with Gasteiger partial charge in [-0.2, -0.15) is 52.7 Å². The van der Waals surface area contributed by atoms with E-state index in [4.69, 9.17) is 10.2 Å². The number of aliphatic hydroxyl groups is 2. The molecule has 0 aliphatic heterocycles. The molecule has 0 saturated carbocycles. The van der Waals surface area contributed by atoms with Gasteiger partial charge in [0.1, 0.15) is 0 Å². The van der Waals surface area contributed by atoms with Crippen LogP contribution in [-0.2, 0) is 13.1 Å². The van der Waals surface area contributed by atoms with Crippen LogP contribution < -0.4 is 5.69 Å². The molecule has 0 fully saturated rings. The lowest BCUT2D eigenvalue weighted by Gasteiger charge is -2.32. The monoisotopic (exact) mass is 444 g/mol. The summed E-state index contributed by atoms with van der Waals surface area (Å²) in [5.74, 6) is 0. The maximum Gasteiger partial charge on any atom is 0.428 e. The minimum atomic E-state index is -6.40. The molecule has 0 radical (unpaired) electrons. The molecule has 0 aromatic carbocycles. The number of aromatic nitrogens is 2. The standard InChI is InChI=1S/C11H8F12N2O3/c12-8(13,14)6(27,9(15,16)17)3-24-1-2-25(5(24)26)4-7(28,10(18,19)20)11(21,22)23/h1-2,27-28H,3-4H2. The van der Waals surface area contributed by atoms with Gasteiger partial charge in [0.05, 0.1) is 13.1 Å². The maximum absolute atomic E-state index is 12.6. The van der Waals surface area contributed by atoms with E-state index in [9.17, 15) is 57.5 Å². The van der Waals surface area contributed by atoms with E-state index in [-0.39, 0.29) is 12.4 Å². The number of nitrogens with zero attached hydrogens (tertiary/aromatic N) is 2. The second-order valence-corrected chi connectivity index (χ2v) is 5.55. The molecule has 0 spiro atoms. The molecule has 0 bridgehead atoms. The van der Waals surface area contributed by atoms with Gasteiger partial charge in [-0.15, -0.1) is 0 Å². The Kier molecular flexibility index (Phi) is 5.66. The number of hydrogen-bond acceptors (Lipinski definition) is 3. The van der Waals surface area contributed by atoms with Crippen LogP contribution in [0.2, 0.25) is 0 Å². The van der Waals surface area contributed by atoms with Gasteiger partial charge in [0.15, 0.2) is 0 Å². The highest BCUT2D eigenvalue weighted by Crippen LogP contribution is 2.45. The van der Waals surface area contributed by atoms with E-state index in [1.165, 1.54) is 0 Å². The lowest BCUT2D eigenvalue weighted by Crippen LogP contribution is -2.61. The van der Waals surface area contributed by atoms with Crippen molar-refractivity contribution in [3.05, 3.63) is 22.9 Å². The third kappa shape index (κ3) is 3.94. The molecule has 0 unspecified atom stereocenters. The Morgan fingerprint density at radius 2 is 0.821 bits per heavy atom. The Morgan fingerprint density at radius 3 is 1.00 bits per heavy atom. The molecule has 1 heterocycles. The van der Waals surface area contributed by atoms with Crippen molar-refractivity contribution in [2.75, 3.05) is 0 Å². The minimum Gasteiger partial charge on any atom is -0.372 e. The zero-order valence-electron chi connectivity index (χ0n) is 12.8. The average Bonchev–Trinajstić information content (AvgIpc) is 2.75. The summed E-state index contributed by atoms with van der Waals surface area (Å²) in [5.41, 5.74) is -13.3. The predicted octanol–water partition coefficient (Wildman–Crippen LogP) is 2.36. The lowest BCUT2D eigenvalue weighted by molar-refractivity contribution is -0.372. The summed E-state index contributed by atoms with van der Waals surface area (Å²) in [5, 5.41) is 17.9. The second kappa shape index (κ2) is 6.57. The molecule has 1 aromatic heterocycles. The average molecular weight is 444 g/mol. The van der Waals surface area contributed by atoms with E-state index in [1.807, 2.05) is 0 Å². The van der Waals surface area contributed by atoms with Crippen molar-refractivity contribution in [2.24, 2.45) is 0 Å². The second-order valence-electron chi connectivity index (χ2n) is 5.55. The van der Waals surface area contributed by atoms with Gasteiger partial charge < -0.3 is 10.2 Å². The van der Waals surface area contributed by atoms with E-state index >= 15 is 0 Å². The Morgan fingerprint density at radius 1 is 0.607 bits per heavy atom. The van der Waals surface area contributed by atoms with Gasteiger partial charge in [-0.3, -0.25) is 9.13 Å². The molecule has 0 aliphatic rings. The number of halogens is 12. The minimum absolute atomic E-state index is 0.0159. The number of alkyl halides is 12. The Labute approximate surface area is 145 Å². The first kappa shape index (κ1) is 24.1. The normalized spacial score (nSPS) is 15.2. The molecule has 5 nitrogen and oxygen atoms in total. The Balaban J connectivity index is 3.39. The molecular weight excluding hydrogens is 436 g/mol. The topological polar surface area (TPSA) is 67.4 Å². The van der Waals surface area contributed by atoms with Crippen LogP contribution in [0.15, 0.2) is 17.2 Å². The van der Waals surface area contributed by atoms with Crippen LogP contribution in [0.4, 0.5) is 52.7 Å². The van der Waals surface area contributed by atoms with E-state index in [0.717, 1.165) is 0 Å². The van der Waals surface area contributed by atoms with Gasteiger partial charge >= 0.3 is 30.4 Å². The number of hydrogen-bond donors (Lipinski definition) is 2. The van der Waals surface area contributed by atoms with Crippen molar-refractivity contribution >= 4 is 0 Å². The van der Waals surface area contributed by atoms with Crippen molar-refractivity contribution < 1.29 is 62.9 Å². The summed E-state index contributed by atoms with van der Waals surface area (Å²) in [4.78, 5) is 11.7. The molecule has 17 heteroatoms. The van der Waals surface area contributed by atoms with Crippen LogP contribution in [0.25, 0.3) is 0 Å². The highest BCUT2D eigenvalue weighted by molar-refractivity contribution is 4.99. The first-order chi connectivity index (χ1) is 12.1. The van der Waals surface area contributed by atoms with Crippen LogP contribution in [0, 0.1) is 0 Å². The summed E-state index contributed by atoms with van der Waals surface area (Å²) < 4.78 is 150. The first-order valence-electron chi connectivity index (χ1n) is 6.56. The zero-order valence-corrected chi connectivity index (χ0v) is 12.8. The largest absolute Gasteiger partial charge is 0.428 e. The SMILES string of the molecule is O=c1n(CC(O)(C(F)(F)F)C(F)(F)F)ccn1CC(O)(C(F)(F)F)C(F)(F)F. The Hall–Kier alpha value is -1.91. The van der Waals surface area contributed by atoms with Crippen molar-refractivity contribution in [2.45, 2.75) is 49.0 Å². The molecule has 1 aromatic rings. The van der Waals surface area contributed by atoms with Crippen LogP contribution in [0.1, 0.15) is 0 Å². The third-order valence-electron chi connectivity index (χ3n) is 3.59. The molecule has 0 aliphatic carbocycles. The predicted molar refractivity (Wildman–Crippen MR) is 62.8 cm³/mol. The number of imidazole rings is 1. The van der Waals surface area contributed by atoms with Crippen LogP contribution in [0.5, 0.6) is 0 Å². The summed E-state index contributed by atoms with van der Waals surface area (Å²) >= 11 is 0. The molecule has 1 rings (SSSR count). The van der Waals surface area contributed by atoms with E-state index in [0.29, 0.717) is 0 Å². The molecule has 164 valence electrons. The van der Waals surface area contributed by atoms with Crippen LogP contribution in [-0.4, -0.2) is 55.3 Å². The maximum atomic E-state index is 12.6. The van der Waals surface area contributed by atoms with Crippen molar-refractivity contribution in [3.8, 4) is 0 Å². The summed E-state index contributed by atoms with van der Waals surface area (Å²) in [6.45, 7) is -5.22. The quantitative estimate of drug-likeness (QED) is 0.702. The van der Waals surface area contributed by atoms with Crippen molar-refractivity contribution in [3.63, 3.8) is 0 Å². The fourth-order valence-corrected chi connectivity index (χ4v) is 1.87. The first-order valence-corrected chi connectivity index (χ1v) is 6.56. The highest BCUT2D eigenvalue weighted by atomic mass is 19.4. The summed E-state index contributed by atoms with van der Waals surface area (Å²) in [6.07, 6.45) is -25.6. The molecule has 0 saturated heterocycles. The van der Waals surface area contributed by atoms with Crippen LogP contribution in [0.3, 0.4) is 0 Å². The fraction of sp³-hybridized carbons (Fsp3) is 0.727. The van der Waals surface area contributed by atoms with Gasteiger partial charge in [-0.1, -0.05) is 0 Å². The van der Waals surface area contributed by atoms with Crippen LogP contribution >= 0.6 is 0 Å². The van der Waals surface area contributed by atoms with Crippen molar-refractivity contribution in [1.29, 1.82) is 0 Å². The third-order valence-corrected chi connectivity index (χ3v) is 3.59. The highest BCUT2D eigenvalue weighted by Gasteiger charge is 2.72. The van der Waals surface area contributed by atoms with E-state index in [2.05, 4.69) is 0 Å². The van der Waals surface area contributed by atoms with Gasteiger partial charge in [-0.05, 0) is 0 Å². The van der Waals surface area contributed by atoms with E-state index in [1.54, 1.807) is 0 Å². The summed E-state index contributed by atoms with van der Waals surface area (Å²) in [7, 11) is 0. The van der Waals surface area contributed by atoms with Gasteiger partial charge in [-0.25, -0.2) is 4.79 Å². The molecule has 28 heavy (non-hydrogen) atoms. The molecular formula is C11H8F12N2O3. The Bertz CT molecular complexity index is 663. The van der Waals surface area contributed by atoms with Crippen molar-refractivity contribution in [1.82, 2.24) is 9.13 Å². The zero-order chi connectivity index (χ0) is 22.6. The van der Waals surface area contributed by atoms with Gasteiger partial charge in [0, 0.05) is 12.4 Å². The molecule has 0 amide bonds. The summed E-state index contributed by atoms with van der Waals surface area (Å²) in [6, 6.07) is 0.